The number of hydrogen-bond acceptors (Lipinski definition) is 5. The van der Waals surface area contributed by atoms with Crippen molar-refractivity contribution in [2.24, 2.45) is 7.05 Å². The minimum absolute atomic E-state index is 0.0918. The fraction of sp³-hybridized carbons (Fsp3) is 0.370. The van der Waals surface area contributed by atoms with Crippen molar-refractivity contribution in [2.75, 3.05) is 5.32 Å². The van der Waals surface area contributed by atoms with Gasteiger partial charge in [0.15, 0.2) is 0 Å². The number of para-hydroxylation sites is 1. The molecule has 10 heteroatoms. The third-order valence-corrected chi connectivity index (χ3v) is 7.06. The highest BCUT2D eigenvalue weighted by Gasteiger charge is 2.21. The van der Waals surface area contributed by atoms with Crippen molar-refractivity contribution in [3.63, 3.8) is 0 Å². The largest absolute Gasteiger partial charge is 0.352 e. The first-order valence-corrected chi connectivity index (χ1v) is 12.7. The van der Waals surface area contributed by atoms with Crippen LogP contribution in [0.2, 0.25) is 0 Å². The van der Waals surface area contributed by atoms with Gasteiger partial charge in [0.1, 0.15) is 6.54 Å². The summed E-state index contributed by atoms with van der Waals surface area (Å²) in [5.41, 5.74) is 1.38. The molecular weight excluding hydrogens is 472 g/mol. The van der Waals surface area contributed by atoms with Crippen molar-refractivity contribution in [3.8, 4) is 0 Å². The number of benzene rings is 2. The van der Waals surface area contributed by atoms with E-state index in [1.807, 2.05) is 25.1 Å². The van der Waals surface area contributed by atoms with Crippen LogP contribution < -0.4 is 21.9 Å². The summed E-state index contributed by atoms with van der Waals surface area (Å²) in [6, 6.07) is 12.3. The van der Waals surface area contributed by atoms with Crippen molar-refractivity contribution in [2.45, 2.75) is 58.0 Å². The summed E-state index contributed by atoms with van der Waals surface area (Å²) in [4.78, 5) is 52.1. The second-order valence-electron chi connectivity index (χ2n) is 9.54. The van der Waals surface area contributed by atoms with E-state index in [0.29, 0.717) is 11.3 Å². The maximum atomic E-state index is 13.4. The molecule has 0 spiro atoms. The van der Waals surface area contributed by atoms with Gasteiger partial charge in [0.05, 0.1) is 10.9 Å². The molecule has 0 bridgehead atoms. The smallest absolute Gasteiger partial charge is 0.349 e. The van der Waals surface area contributed by atoms with Crippen LogP contribution in [0.25, 0.3) is 16.7 Å². The average molecular weight is 503 g/mol. The number of carbonyl (C=O) groups is 2. The van der Waals surface area contributed by atoms with Crippen LogP contribution in [-0.2, 0) is 24.8 Å². The summed E-state index contributed by atoms with van der Waals surface area (Å²) in [7, 11) is 1.52. The van der Waals surface area contributed by atoms with Gasteiger partial charge in [-0.1, -0.05) is 44.4 Å². The van der Waals surface area contributed by atoms with E-state index in [1.165, 1.54) is 22.4 Å². The van der Waals surface area contributed by atoms with Gasteiger partial charge in [-0.05, 0) is 49.1 Å². The van der Waals surface area contributed by atoms with E-state index in [9.17, 15) is 19.2 Å². The summed E-state index contributed by atoms with van der Waals surface area (Å²) in [5.74, 6) is -0.556. The molecule has 0 saturated heterocycles. The topological polar surface area (TPSA) is 120 Å². The molecule has 192 valence electrons. The molecule has 2 N–H and O–H groups in total. The molecule has 0 aliphatic heterocycles. The van der Waals surface area contributed by atoms with E-state index in [-0.39, 0.29) is 40.7 Å². The maximum Gasteiger partial charge on any atom is 0.352 e. The van der Waals surface area contributed by atoms with Crippen LogP contribution in [0.3, 0.4) is 0 Å². The summed E-state index contributed by atoms with van der Waals surface area (Å²) in [5, 5.41) is 10.5. The van der Waals surface area contributed by atoms with Gasteiger partial charge in [-0.2, -0.15) is 0 Å². The first kappa shape index (κ1) is 24.5. The van der Waals surface area contributed by atoms with E-state index in [1.54, 1.807) is 24.3 Å². The quantitative estimate of drug-likeness (QED) is 0.420. The fourth-order valence-corrected chi connectivity index (χ4v) is 5.03. The van der Waals surface area contributed by atoms with Gasteiger partial charge >= 0.3 is 5.69 Å². The van der Waals surface area contributed by atoms with Crippen molar-refractivity contribution in [1.29, 1.82) is 0 Å². The van der Waals surface area contributed by atoms with Gasteiger partial charge in [-0.25, -0.2) is 13.9 Å². The third kappa shape index (κ3) is 4.66. The first-order valence-electron chi connectivity index (χ1n) is 12.7. The lowest BCUT2D eigenvalue weighted by molar-refractivity contribution is -0.117. The highest BCUT2D eigenvalue weighted by molar-refractivity contribution is 5.98. The van der Waals surface area contributed by atoms with Gasteiger partial charge in [0.25, 0.3) is 11.5 Å². The highest BCUT2D eigenvalue weighted by atomic mass is 16.2. The molecule has 2 aromatic carbocycles. The lowest BCUT2D eigenvalue weighted by Crippen LogP contribution is -2.36. The number of aryl methyl sites for hydroxylation is 2. The second kappa shape index (κ2) is 10.0. The zero-order chi connectivity index (χ0) is 26.1. The number of fused-ring (bicyclic) bond motifs is 3. The highest BCUT2D eigenvalue weighted by Crippen LogP contribution is 2.19. The minimum atomic E-state index is -0.570. The summed E-state index contributed by atoms with van der Waals surface area (Å²) >= 11 is 0. The molecule has 2 aromatic heterocycles. The fourth-order valence-electron chi connectivity index (χ4n) is 5.03. The maximum absolute atomic E-state index is 13.4. The average Bonchev–Trinajstić information content (AvgIpc) is 3.23. The van der Waals surface area contributed by atoms with E-state index < -0.39 is 11.6 Å². The number of hydrogen-bond donors (Lipinski definition) is 2. The summed E-state index contributed by atoms with van der Waals surface area (Å²) in [6.45, 7) is 1.67. The van der Waals surface area contributed by atoms with Crippen LogP contribution in [0.5, 0.6) is 0 Å². The number of anilines is 1. The normalized spacial score (nSPS) is 14.2. The third-order valence-electron chi connectivity index (χ3n) is 7.06. The van der Waals surface area contributed by atoms with Crippen LogP contribution in [0.15, 0.2) is 52.1 Å². The molecule has 37 heavy (non-hydrogen) atoms. The van der Waals surface area contributed by atoms with Crippen molar-refractivity contribution in [3.05, 3.63) is 74.4 Å². The zero-order valence-corrected chi connectivity index (χ0v) is 21.0. The van der Waals surface area contributed by atoms with Gasteiger partial charge < -0.3 is 10.6 Å². The summed E-state index contributed by atoms with van der Waals surface area (Å²) < 4.78 is 3.58. The number of aromatic nitrogens is 4. The van der Waals surface area contributed by atoms with Crippen LogP contribution in [-0.4, -0.2) is 36.6 Å². The predicted octanol–water partition coefficient (Wildman–Crippen LogP) is 2.61. The van der Waals surface area contributed by atoms with E-state index >= 15 is 0 Å². The van der Waals surface area contributed by atoms with Gasteiger partial charge in [-0.3, -0.25) is 19.0 Å². The molecule has 1 fully saturated rings. The Kier molecular flexibility index (Phi) is 6.64. The molecule has 5 rings (SSSR count). The van der Waals surface area contributed by atoms with E-state index in [4.69, 9.17) is 0 Å². The number of nitrogens with zero attached hydrogens (tertiary/aromatic N) is 4. The number of nitrogens with one attached hydrogen (secondary N) is 2. The Labute approximate surface area is 212 Å². The van der Waals surface area contributed by atoms with Crippen LogP contribution in [0.1, 0.15) is 54.9 Å². The van der Waals surface area contributed by atoms with Crippen LogP contribution >= 0.6 is 0 Å². The molecule has 0 radical (unpaired) electrons. The molecule has 1 aliphatic rings. The molecule has 1 saturated carbocycles. The van der Waals surface area contributed by atoms with Crippen molar-refractivity contribution < 1.29 is 9.59 Å². The Hall–Kier alpha value is -4.21. The second-order valence-corrected chi connectivity index (χ2v) is 9.54. The van der Waals surface area contributed by atoms with Gasteiger partial charge in [-0.15, -0.1) is 5.10 Å². The molecule has 1 aliphatic carbocycles. The van der Waals surface area contributed by atoms with E-state index in [2.05, 4.69) is 15.7 Å². The Morgan fingerprint density at radius 2 is 1.81 bits per heavy atom. The molecule has 10 nitrogen and oxygen atoms in total. The molecular formula is C27H30N6O4. The Morgan fingerprint density at radius 1 is 1.05 bits per heavy atom. The minimum Gasteiger partial charge on any atom is -0.349 e. The Bertz CT molecular complexity index is 1620. The van der Waals surface area contributed by atoms with Crippen molar-refractivity contribution in [1.82, 2.24) is 24.1 Å². The van der Waals surface area contributed by atoms with Gasteiger partial charge in [0.2, 0.25) is 11.7 Å². The molecule has 0 atom stereocenters. The zero-order valence-electron chi connectivity index (χ0n) is 21.0. The molecule has 0 unspecified atom stereocenters. The Morgan fingerprint density at radius 3 is 2.57 bits per heavy atom. The number of carbonyl (C=O) groups excluding carboxylic acids is 2. The molecule has 4 aromatic rings. The molecule has 2 amide bonds. The number of amides is 2. The Balaban J connectivity index is 1.51. The molecule has 2 heterocycles. The lowest BCUT2D eigenvalue weighted by atomic mass is 9.95. The van der Waals surface area contributed by atoms with Crippen LogP contribution in [0, 0.1) is 0 Å². The predicted molar refractivity (Wildman–Crippen MR) is 141 cm³/mol. The monoisotopic (exact) mass is 502 g/mol. The van der Waals surface area contributed by atoms with Gasteiger partial charge in [0, 0.05) is 24.3 Å². The first-order chi connectivity index (χ1) is 17.9. The standard InChI is InChI=1S/C27H30N6O4/c1-3-17-9-7-8-12-21(17)29-23(34)16-32-27(37)33-22-15-18(24(35)28-19-10-5-4-6-11-19)13-14-20(22)25(36)31(2)26(33)30-32/h7-9,12-15,19H,3-6,10-11,16H2,1-2H3,(H,28,35)(H,29,34). The van der Waals surface area contributed by atoms with E-state index in [0.717, 1.165) is 42.3 Å². The lowest BCUT2D eigenvalue weighted by Gasteiger charge is -2.22. The number of rotatable bonds is 6. The summed E-state index contributed by atoms with van der Waals surface area (Å²) in [6.07, 6.45) is 5.99. The van der Waals surface area contributed by atoms with Crippen LogP contribution in [0.4, 0.5) is 5.69 Å². The SMILES string of the molecule is CCc1ccccc1NC(=O)Cn1nc2n(C)c(=O)c3ccc(C(=O)NC4CCCCC4)cc3n2c1=O. The van der Waals surface area contributed by atoms with Crippen molar-refractivity contribution >= 4 is 34.2 Å².